The number of amides is 3. The van der Waals surface area contributed by atoms with Crippen molar-refractivity contribution in [3.63, 3.8) is 0 Å². The molecule has 2 N–H and O–H groups in total. The Labute approximate surface area is 229 Å². The second-order valence-corrected chi connectivity index (χ2v) is 12.1. The number of carbonyl (C=O) groups is 3. The highest BCUT2D eigenvalue weighted by atomic mass is 32.2. The number of sulfonamides is 1. The Morgan fingerprint density at radius 1 is 1.08 bits per heavy atom. The monoisotopic (exact) mass is 562 g/mol. The van der Waals surface area contributed by atoms with Crippen molar-refractivity contribution in [3.8, 4) is 10.6 Å². The van der Waals surface area contributed by atoms with Crippen LogP contribution in [-0.2, 0) is 30.8 Å². The number of nitrogens with zero attached hydrogens (tertiary/aromatic N) is 3. The van der Waals surface area contributed by atoms with Crippen LogP contribution in [0, 0.1) is 6.92 Å². The zero-order valence-electron chi connectivity index (χ0n) is 21.3. The number of thiazole rings is 1. The highest BCUT2D eigenvalue weighted by Gasteiger charge is 2.43. The van der Waals surface area contributed by atoms with Crippen molar-refractivity contribution >= 4 is 55.0 Å². The van der Waals surface area contributed by atoms with Crippen LogP contribution in [0.1, 0.15) is 24.5 Å². The van der Waals surface area contributed by atoms with E-state index in [1.807, 2.05) is 31.2 Å². The molecule has 9 nitrogen and oxygen atoms in total. The number of aryl methyl sites for hydroxylation is 1. The largest absolute Gasteiger partial charge is 0.330 e. The number of benzene rings is 3. The molecule has 1 fully saturated rings. The third kappa shape index (κ3) is 5.47. The average Bonchev–Trinajstić information content (AvgIpc) is 3.43. The van der Waals surface area contributed by atoms with E-state index in [0.717, 1.165) is 36.8 Å². The molecule has 0 aliphatic carbocycles. The van der Waals surface area contributed by atoms with Gasteiger partial charge < -0.3 is 4.90 Å². The van der Waals surface area contributed by atoms with Gasteiger partial charge in [0.15, 0.2) is 0 Å². The molecule has 0 bridgehead atoms. The molecule has 1 atom stereocenters. The number of aromatic nitrogens is 1. The van der Waals surface area contributed by atoms with E-state index in [9.17, 15) is 22.8 Å². The number of carbonyl (C=O) groups excluding carboxylic acids is 3. The second-order valence-electron chi connectivity index (χ2n) is 9.48. The first-order chi connectivity index (χ1) is 18.5. The van der Waals surface area contributed by atoms with Crippen molar-refractivity contribution in [3.05, 3.63) is 77.9 Å². The lowest BCUT2D eigenvalue weighted by Gasteiger charge is -2.26. The Bertz CT molecular complexity index is 1700. The predicted octanol–water partition coefficient (Wildman–Crippen LogP) is 3.64. The lowest BCUT2D eigenvalue weighted by atomic mass is 10.1. The molecule has 3 aromatic carbocycles. The molecule has 1 saturated heterocycles. The van der Waals surface area contributed by atoms with Gasteiger partial charge in [-0.05, 0) is 73.0 Å². The van der Waals surface area contributed by atoms with E-state index in [-0.39, 0.29) is 29.7 Å². The number of anilines is 1. The second kappa shape index (κ2) is 10.3. The van der Waals surface area contributed by atoms with Gasteiger partial charge in [0.2, 0.25) is 21.8 Å². The molecule has 0 saturated carbocycles. The predicted molar refractivity (Wildman–Crippen MR) is 150 cm³/mol. The maximum absolute atomic E-state index is 13.4. The topological polar surface area (TPSA) is 131 Å². The van der Waals surface area contributed by atoms with Gasteiger partial charge >= 0.3 is 0 Å². The van der Waals surface area contributed by atoms with E-state index >= 15 is 0 Å². The number of hydrogen-bond acceptors (Lipinski definition) is 7. The van der Waals surface area contributed by atoms with Gasteiger partial charge in [-0.15, -0.1) is 11.3 Å². The van der Waals surface area contributed by atoms with E-state index in [0.29, 0.717) is 12.1 Å². The Hall–Kier alpha value is -3.93. The van der Waals surface area contributed by atoms with E-state index in [2.05, 4.69) is 11.1 Å². The van der Waals surface area contributed by atoms with Crippen LogP contribution >= 0.6 is 11.3 Å². The molecule has 1 unspecified atom stereocenters. The van der Waals surface area contributed by atoms with Crippen molar-refractivity contribution in [1.29, 1.82) is 0 Å². The minimum absolute atomic E-state index is 0.00821. The first kappa shape index (κ1) is 26.7. The molecular weight excluding hydrogens is 536 g/mol. The molecule has 200 valence electrons. The molecule has 11 heteroatoms. The summed E-state index contributed by atoms with van der Waals surface area (Å²) in [6, 6.07) is 18.3. The van der Waals surface area contributed by atoms with E-state index in [1.165, 1.54) is 24.0 Å². The SMILES string of the molecule is CC(=O)N(CCc1ccc(S(N)(=O)=O)cc1)C1CC(=O)N(c2ccc(-c3nc4ccc(C)cc4s3)cc2)C1=O. The third-order valence-electron chi connectivity index (χ3n) is 6.71. The summed E-state index contributed by atoms with van der Waals surface area (Å²) in [5.41, 5.74) is 4.17. The van der Waals surface area contributed by atoms with Crippen LogP contribution in [0.15, 0.2) is 71.6 Å². The quantitative estimate of drug-likeness (QED) is 0.342. The Morgan fingerprint density at radius 3 is 2.41 bits per heavy atom. The first-order valence-electron chi connectivity index (χ1n) is 12.2. The minimum atomic E-state index is -3.81. The fourth-order valence-corrected chi connectivity index (χ4v) is 6.25. The highest BCUT2D eigenvalue weighted by molar-refractivity contribution is 7.89. The molecule has 4 aromatic rings. The molecule has 5 rings (SSSR count). The van der Waals surface area contributed by atoms with Gasteiger partial charge in [0.25, 0.3) is 5.91 Å². The van der Waals surface area contributed by atoms with E-state index < -0.39 is 22.0 Å². The van der Waals surface area contributed by atoms with E-state index in [4.69, 9.17) is 5.14 Å². The van der Waals surface area contributed by atoms with Crippen molar-refractivity contribution in [1.82, 2.24) is 9.88 Å². The molecule has 1 aliphatic rings. The maximum Gasteiger partial charge on any atom is 0.257 e. The standard InChI is InChI=1S/C28H26N4O5S2/c1-17-3-12-23-25(15-17)38-27(30-23)20-6-8-21(9-7-20)32-26(34)16-24(28(32)35)31(18(2)33)14-13-19-4-10-22(11-5-19)39(29,36)37/h3-12,15,24H,13-14,16H2,1-2H3,(H2,29,36,37). The van der Waals surface area contributed by atoms with Gasteiger partial charge in [0, 0.05) is 19.0 Å². The summed E-state index contributed by atoms with van der Waals surface area (Å²) in [6.45, 7) is 3.59. The van der Waals surface area contributed by atoms with Crippen molar-refractivity contribution in [2.75, 3.05) is 11.4 Å². The van der Waals surface area contributed by atoms with Crippen LogP contribution in [0.4, 0.5) is 5.69 Å². The summed E-state index contributed by atoms with van der Waals surface area (Å²) in [5, 5.41) is 5.99. The van der Waals surface area contributed by atoms with Crippen molar-refractivity contribution < 1.29 is 22.8 Å². The average molecular weight is 563 g/mol. The van der Waals surface area contributed by atoms with Gasteiger partial charge in [0.05, 0.1) is 27.2 Å². The normalized spacial score (nSPS) is 15.8. The zero-order valence-corrected chi connectivity index (χ0v) is 23.0. The lowest BCUT2D eigenvalue weighted by Crippen LogP contribution is -2.45. The first-order valence-corrected chi connectivity index (χ1v) is 14.6. The lowest BCUT2D eigenvalue weighted by molar-refractivity contribution is -0.136. The smallest absolute Gasteiger partial charge is 0.257 e. The third-order valence-corrected chi connectivity index (χ3v) is 8.71. The molecule has 39 heavy (non-hydrogen) atoms. The van der Waals surface area contributed by atoms with Gasteiger partial charge in [-0.3, -0.25) is 14.4 Å². The molecule has 0 spiro atoms. The van der Waals surface area contributed by atoms with Crippen LogP contribution in [0.5, 0.6) is 0 Å². The van der Waals surface area contributed by atoms with Gasteiger partial charge in [-0.25, -0.2) is 23.4 Å². The Kier molecular flexibility index (Phi) is 7.06. The fourth-order valence-electron chi connectivity index (χ4n) is 4.67. The maximum atomic E-state index is 13.4. The summed E-state index contributed by atoms with van der Waals surface area (Å²) in [4.78, 5) is 46.0. The van der Waals surface area contributed by atoms with Crippen LogP contribution in [-0.4, -0.2) is 48.6 Å². The van der Waals surface area contributed by atoms with Crippen LogP contribution in [0.2, 0.25) is 0 Å². The number of primary sulfonamides is 1. The molecule has 1 aromatic heterocycles. The zero-order chi connectivity index (χ0) is 27.9. The number of fused-ring (bicyclic) bond motifs is 1. The molecule has 1 aliphatic heterocycles. The van der Waals surface area contributed by atoms with Crippen LogP contribution in [0.25, 0.3) is 20.8 Å². The Balaban J connectivity index is 1.31. The van der Waals surface area contributed by atoms with Crippen LogP contribution in [0.3, 0.4) is 0 Å². The molecular formula is C28H26N4O5S2. The summed E-state index contributed by atoms with van der Waals surface area (Å²) in [5.74, 6) is -1.16. The van der Waals surface area contributed by atoms with E-state index in [1.54, 1.807) is 35.6 Å². The Morgan fingerprint density at radius 2 is 1.77 bits per heavy atom. The fraction of sp³-hybridized carbons (Fsp3) is 0.214. The molecule has 0 radical (unpaired) electrons. The number of nitrogens with two attached hydrogens (primary N) is 1. The highest BCUT2D eigenvalue weighted by Crippen LogP contribution is 2.33. The van der Waals surface area contributed by atoms with Gasteiger partial charge in [0.1, 0.15) is 11.0 Å². The van der Waals surface area contributed by atoms with Gasteiger partial charge in [-0.2, -0.15) is 0 Å². The molecule has 3 amide bonds. The summed E-state index contributed by atoms with van der Waals surface area (Å²) in [6.07, 6.45) is 0.264. The van der Waals surface area contributed by atoms with Crippen molar-refractivity contribution in [2.24, 2.45) is 5.14 Å². The number of imide groups is 1. The van der Waals surface area contributed by atoms with Crippen LogP contribution < -0.4 is 10.0 Å². The van der Waals surface area contributed by atoms with Gasteiger partial charge in [-0.1, -0.05) is 18.2 Å². The molecule has 2 heterocycles. The minimum Gasteiger partial charge on any atom is -0.330 e. The summed E-state index contributed by atoms with van der Waals surface area (Å²) < 4.78 is 24.0. The summed E-state index contributed by atoms with van der Waals surface area (Å²) in [7, 11) is -3.81. The number of rotatable bonds is 7. The summed E-state index contributed by atoms with van der Waals surface area (Å²) >= 11 is 1.58. The number of hydrogen-bond donors (Lipinski definition) is 1. The van der Waals surface area contributed by atoms with Crippen molar-refractivity contribution in [2.45, 2.75) is 37.6 Å².